The topological polar surface area (TPSA) is 80.3 Å². The summed E-state index contributed by atoms with van der Waals surface area (Å²) in [5.74, 6) is 0.308. The molecule has 6 nitrogen and oxygen atoms in total. The second-order valence-corrected chi connectivity index (χ2v) is 7.60. The van der Waals surface area contributed by atoms with E-state index in [0.29, 0.717) is 10.9 Å². The maximum atomic E-state index is 12.5. The van der Waals surface area contributed by atoms with Gasteiger partial charge in [-0.1, -0.05) is 18.2 Å². The Labute approximate surface area is 165 Å². The number of carbonyl (C=O) groups excluding carboxylic acids is 2. The van der Waals surface area contributed by atoms with Crippen LogP contribution in [0.4, 0.5) is 5.13 Å². The van der Waals surface area contributed by atoms with Crippen molar-refractivity contribution in [2.24, 2.45) is 0 Å². The van der Waals surface area contributed by atoms with Crippen LogP contribution in [0.15, 0.2) is 47.2 Å². The molecule has 3 aromatic rings. The van der Waals surface area contributed by atoms with E-state index in [9.17, 15) is 9.59 Å². The van der Waals surface area contributed by atoms with Crippen LogP contribution in [0, 0.1) is 0 Å². The van der Waals surface area contributed by atoms with E-state index >= 15 is 0 Å². The van der Waals surface area contributed by atoms with Crippen LogP contribution in [0.3, 0.4) is 0 Å². The minimum Gasteiger partial charge on any atom is -0.497 e. The number of benzene rings is 1. The largest absolute Gasteiger partial charge is 0.497 e. The Morgan fingerprint density at radius 3 is 2.59 bits per heavy atom. The Kier molecular flexibility index (Phi) is 6.20. The molecule has 1 unspecified atom stereocenters. The molecule has 0 fully saturated rings. The van der Waals surface area contributed by atoms with Crippen molar-refractivity contribution in [1.82, 2.24) is 10.3 Å². The first kappa shape index (κ1) is 19.1. The van der Waals surface area contributed by atoms with Crippen LogP contribution in [-0.2, 0) is 9.59 Å². The van der Waals surface area contributed by atoms with Crippen LogP contribution < -0.4 is 15.4 Å². The number of aromatic nitrogens is 1. The number of amides is 2. The first-order chi connectivity index (χ1) is 13.0. The summed E-state index contributed by atoms with van der Waals surface area (Å²) in [5.41, 5.74) is 1.68. The lowest BCUT2D eigenvalue weighted by Gasteiger charge is -2.18. The number of nitrogens with one attached hydrogen (secondary N) is 2. The van der Waals surface area contributed by atoms with Crippen LogP contribution in [0.25, 0.3) is 10.6 Å². The van der Waals surface area contributed by atoms with E-state index in [0.717, 1.165) is 16.1 Å². The van der Waals surface area contributed by atoms with Crippen LogP contribution in [0.2, 0.25) is 0 Å². The molecule has 0 bridgehead atoms. The van der Waals surface area contributed by atoms with Crippen molar-refractivity contribution in [1.29, 1.82) is 0 Å². The van der Waals surface area contributed by atoms with Gasteiger partial charge in [0.15, 0.2) is 5.13 Å². The minimum atomic E-state index is -0.426. The summed E-state index contributed by atoms with van der Waals surface area (Å²) < 4.78 is 5.15. The molecular formula is C19H19N3O3S2. The van der Waals surface area contributed by atoms with Gasteiger partial charge in [0.2, 0.25) is 11.8 Å². The molecule has 27 heavy (non-hydrogen) atoms. The van der Waals surface area contributed by atoms with Gasteiger partial charge in [0.05, 0.1) is 30.1 Å². The van der Waals surface area contributed by atoms with Crippen LogP contribution in [-0.4, -0.2) is 23.9 Å². The summed E-state index contributed by atoms with van der Waals surface area (Å²) in [6, 6.07) is 10.8. The van der Waals surface area contributed by atoms with Gasteiger partial charge in [0.25, 0.3) is 0 Å². The second-order valence-electron chi connectivity index (χ2n) is 5.79. The lowest BCUT2D eigenvalue weighted by Crippen LogP contribution is -2.29. The highest BCUT2D eigenvalue weighted by molar-refractivity contribution is 7.16. The molecule has 1 aromatic carbocycles. The molecule has 3 rings (SSSR count). The number of ether oxygens (including phenoxy) is 1. The van der Waals surface area contributed by atoms with Crippen molar-refractivity contribution in [3.8, 4) is 16.3 Å². The van der Waals surface area contributed by atoms with Crippen LogP contribution >= 0.6 is 22.7 Å². The Morgan fingerprint density at radius 2 is 1.96 bits per heavy atom. The van der Waals surface area contributed by atoms with Crippen LogP contribution in [0.5, 0.6) is 5.75 Å². The van der Waals surface area contributed by atoms with Gasteiger partial charge in [-0.05, 0) is 29.1 Å². The molecule has 1 atom stereocenters. The summed E-state index contributed by atoms with van der Waals surface area (Å²) in [5, 5.41) is 10.1. The van der Waals surface area contributed by atoms with Gasteiger partial charge in [0.1, 0.15) is 5.75 Å². The van der Waals surface area contributed by atoms with E-state index in [-0.39, 0.29) is 18.2 Å². The number of carbonyl (C=O) groups is 2. The Morgan fingerprint density at radius 1 is 1.19 bits per heavy atom. The fourth-order valence-corrected chi connectivity index (χ4v) is 4.05. The lowest BCUT2D eigenvalue weighted by molar-refractivity contribution is -0.120. The van der Waals surface area contributed by atoms with Gasteiger partial charge in [0, 0.05) is 12.3 Å². The van der Waals surface area contributed by atoms with Crippen LogP contribution in [0.1, 0.15) is 24.9 Å². The van der Waals surface area contributed by atoms with E-state index < -0.39 is 6.04 Å². The molecule has 2 amide bonds. The summed E-state index contributed by atoms with van der Waals surface area (Å²) in [7, 11) is 1.59. The molecule has 140 valence electrons. The highest BCUT2D eigenvalue weighted by atomic mass is 32.1. The Balaban J connectivity index is 1.67. The summed E-state index contributed by atoms with van der Waals surface area (Å²) in [4.78, 5) is 29.5. The van der Waals surface area contributed by atoms with Gasteiger partial charge in [-0.15, -0.1) is 22.7 Å². The molecule has 0 aliphatic heterocycles. The molecule has 0 saturated carbocycles. The normalized spacial score (nSPS) is 11.6. The number of thiophene rings is 1. The maximum Gasteiger partial charge on any atom is 0.228 e. The Bertz CT molecular complexity index is 905. The third-order valence-corrected chi connectivity index (χ3v) is 5.46. The summed E-state index contributed by atoms with van der Waals surface area (Å²) in [6.07, 6.45) is 0.111. The number of hydrogen-bond acceptors (Lipinski definition) is 6. The molecule has 0 aliphatic rings. The molecule has 8 heteroatoms. The predicted molar refractivity (Wildman–Crippen MR) is 108 cm³/mol. The average molecular weight is 402 g/mol. The van der Waals surface area contributed by atoms with E-state index in [1.165, 1.54) is 18.3 Å². The quantitative estimate of drug-likeness (QED) is 0.625. The molecule has 2 N–H and O–H groups in total. The van der Waals surface area contributed by atoms with E-state index in [1.807, 2.05) is 35.0 Å². The number of methoxy groups -OCH3 is 1. The number of thiazole rings is 1. The molecule has 0 saturated heterocycles. The van der Waals surface area contributed by atoms with E-state index in [2.05, 4.69) is 15.6 Å². The van der Waals surface area contributed by atoms with Gasteiger partial charge >= 0.3 is 0 Å². The number of rotatable bonds is 7. The first-order valence-electron chi connectivity index (χ1n) is 8.25. The monoisotopic (exact) mass is 401 g/mol. The van der Waals surface area contributed by atoms with Crippen molar-refractivity contribution in [3.05, 3.63) is 52.7 Å². The number of anilines is 1. The maximum absolute atomic E-state index is 12.5. The second kappa shape index (κ2) is 8.79. The number of hydrogen-bond donors (Lipinski definition) is 2. The lowest BCUT2D eigenvalue weighted by atomic mass is 10.0. The summed E-state index contributed by atoms with van der Waals surface area (Å²) >= 11 is 2.98. The number of nitrogens with zero attached hydrogens (tertiary/aromatic N) is 1. The zero-order chi connectivity index (χ0) is 19.2. The molecule has 0 aliphatic carbocycles. The van der Waals surface area contributed by atoms with Gasteiger partial charge in [-0.25, -0.2) is 4.98 Å². The zero-order valence-electron chi connectivity index (χ0n) is 14.9. The summed E-state index contributed by atoms with van der Waals surface area (Å²) in [6.45, 7) is 1.43. The average Bonchev–Trinajstić information content (AvgIpc) is 3.32. The van der Waals surface area contributed by atoms with Gasteiger partial charge in [-0.3, -0.25) is 9.59 Å². The zero-order valence-corrected chi connectivity index (χ0v) is 16.5. The highest BCUT2D eigenvalue weighted by Crippen LogP contribution is 2.28. The fourth-order valence-electron chi connectivity index (χ4n) is 2.56. The van der Waals surface area contributed by atoms with E-state index in [4.69, 9.17) is 4.74 Å². The third-order valence-electron chi connectivity index (χ3n) is 3.81. The third kappa shape index (κ3) is 5.15. The SMILES string of the molecule is COc1ccc(C(CC(=O)Nc2nc(-c3cccs3)cs2)NC(C)=O)cc1. The van der Waals surface area contributed by atoms with Crippen molar-refractivity contribution in [2.75, 3.05) is 12.4 Å². The minimum absolute atomic E-state index is 0.111. The smallest absolute Gasteiger partial charge is 0.228 e. The van der Waals surface area contributed by atoms with Crippen molar-refractivity contribution < 1.29 is 14.3 Å². The molecule has 0 radical (unpaired) electrons. The molecular weight excluding hydrogens is 382 g/mol. The van der Waals surface area contributed by atoms with Gasteiger partial charge < -0.3 is 15.4 Å². The van der Waals surface area contributed by atoms with Crippen molar-refractivity contribution >= 4 is 39.6 Å². The van der Waals surface area contributed by atoms with Crippen molar-refractivity contribution in [3.63, 3.8) is 0 Å². The van der Waals surface area contributed by atoms with Gasteiger partial charge in [-0.2, -0.15) is 0 Å². The molecule has 2 heterocycles. The standard InChI is InChI=1S/C19H19N3O3S2/c1-12(23)20-15(13-5-7-14(25-2)8-6-13)10-18(24)22-19-21-16(11-27-19)17-4-3-9-26-17/h3-9,11,15H,10H2,1-2H3,(H,20,23)(H,21,22,24). The molecule has 2 aromatic heterocycles. The first-order valence-corrected chi connectivity index (χ1v) is 10.0. The Hall–Kier alpha value is -2.71. The fraction of sp³-hybridized carbons (Fsp3) is 0.211. The molecule has 0 spiro atoms. The predicted octanol–water partition coefficient (Wildman–Crippen LogP) is 4.09. The van der Waals surface area contributed by atoms with E-state index in [1.54, 1.807) is 30.6 Å². The highest BCUT2D eigenvalue weighted by Gasteiger charge is 2.18. The van der Waals surface area contributed by atoms with Crippen molar-refractivity contribution in [2.45, 2.75) is 19.4 Å².